The van der Waals surface area contributed by atoms with Crippen LogP contribution in [0.2, 0.25) is 0 Å². The minimum atomic E-state index is -3.55. The van der Waals surface area contributed by atoms with Gasteiger partial charge in [0.1, 0.15) is 0 Å². The molecule has 1 heterocycles. The number of carbonyl (C=O) groups excluding carboxylic acids is 1. The van der Waals surface area contributed by atoms with Crippen LogP contribution in [0, 0.1) is 0 Å². The molecule has 1 aromatic rings. The van der Waals surface area contributed by atoms with E-state index in [9.17, 15) is 18.3 Å². The Labute approximate surface area is 99.7 Å². The van der Waals surface area contributed by atoms with Crippen molar-refractivity contribution in [2.45, 2.75) is 19.0 Å². The molecule has 92 valence electrons. The van der Waals surface area contributed by atoms with Crippen LogP contribution in [0.3, 0.4) is 0 Å². The van der Waals surface area contributed by atoms with Crippen molar-refractivity contribution < 1.29 is 18.3 Å². The number of fused-ring (bicyclic) bond motifs is 1. The summed E-state index contributed by atoms with van der Waals surface area (Å²) in [5.74, 6) is -1.36. The summed E-state index contributed by atoms with van der Waals surface area (Å²) < 4.78 is 24.1. The number of carboxylic acids is 1. The summed E-state index contributed by atoms with van der Waals surface area (Å²) in [5.41, 5.74) is 1.71. The maximum absolute atomic E-state index is 11.5. The van der Waals surface area contributed by atoms with E-state index in [0.717, 1.165) is 21.7 Å². The number of sulfonamides is 1. The molecule has 1 aliphatic rings. The molecule has 0 spiro atoms. The fourth-order valence-electron chi connectivity index (χ4n) is 2.05. The molecule has 1 atom stereocenters. The number of hydrogen-bond donors (Lipinski definition) is 0. The Kier molecular flexibility index (Phi) is 2.92. The van der Waals surface area contributed by atoms with Gasteiger partial charge in [0.15, 0.2) is 0 Å². The van der Waals surface area contributed by atoms with Crippen molar-refractivity contribution in [3.05, 3.63) is 35.4 Å². The summed E-state index contributed by atoms with van der Waals surface area (Å²) in [7, 11) is -3.55. The number of hydrogen-bond acceptors (Lipinski definition) is 4. The predicted molar refractivity (Wildman–Crippen MR) is 59.3 cm³/mol. The topological polar surface area (TPSA) is 77.5 Å². The van der Waals surface area contributed by atoms with Gasteiger partial charge in [-0.25, -0.2) is 8.42 Å². The molecule has 0 unspecified atom stereocenters. The Balaban J connectivity index is 2.45. The Bertz CT molecular complexity index is 552. The molecule has 0 radical (unpaired) electrons. The molecule has 1 aromatic carbocycles. The van der Waals surface area contributed by atoms with E-state index in [4.69, 9.17) is 0 Å². The van der Waals surface area contributed by atoms with Gasteiger partial charge < -0.3 is 9.90 Å². The van der Waals surface area contributed by atoms with E-state index in [2.05, 4.69) is 0 Å². The van der Waals surface area contributed by atoms with Crippen LogP contribution in [0.25, 0.3) is 0 Å². The zero-order valence-corrected chi connectivity index (χ0v) is 10.1. The van der Waals surface area contributed by atoms with Gasteiger partial charge in [-0.2, -0.15) is 4.31 Å². The quantitative estimate of drug-likeness (QED) is 0.687. The molecule has 5 nitrogen and oxygen atoms in total. The molecular weight excluding hydrogens is 242 g/mol. The SMILES string of the molecule is CS(=O)(=O)N1Cc2ccccc2C[C@@H]1C(=O)[O-]. The van der Waals surface area contributed by atoms with Gasteiger partial charge in [0.05, 0.1) is 18.3 Å². The number of aliphatic carboxylic acids is 1. The van der Waals surface area contributed by atoms with Crippen molar-refractivity contribution in [3.63, 3.8) is 0 Å². The van der Waals surface area contributed by atoms with Gasteiger partial charge in [0, 0.05) is 6.54 Å². The average Bonchev–Trinajstić information content (AvgIpc) is 2.26. The highest BCUT2D eigenvalue weighted by Gasteiger charge is 2.32. The van der Waals surface area contributed by atoms with Crippen LogP contribution in [-0.2, 0) is 27.8 Å². The van der Waals surface area contributed by atoms with Crippen LogP contribution < -0.4 is 5.11 Å². The second kappa shape index (κ2) is 4.12. The van der Waals surface area contributed by atoms with E-state index in [-0.39, 0.29) is 13.0 Å². The van der Waals surface area contributed by atoms with E-state index in [1.165, 1.54) is 0 Å². The van der Waals surface area contributed by atoms with Gasteiger partial charge >= 0.3 is 0 Å². The standard InChI is InChI=1S/C11H13NO4S/c1-17(15,16)12-7-9-5-3-2-4-8(9)6-10(12)11(13)14/h2-5,10H,6-7H2,1H3,(H,13,14)/p-1/t10-/m1/s1. The van der Waals surface area contributed by atoms with Crippen LogP contribution in [0.5, 0.6) is 0 Å². The number of carbonyl (C=O) groups is 1. The van der Waals surface area contributed by atoms with Gasteiger partial charge in [-0.1, -0.05) is 24.3 Å². The van der Waals surface area contributed by atoms with Crippen molar-refractivity contribution in [3.8, 4) is 0 Å². The molecule has 6 heteroatoms. The molecule has 0 saturated heterocycles. The highest BCUT2D eigenvalue weighted by molar-refractivity contribution is 7.88. The highest BCUT2D eigenvalue weighted by Crippen LogP contribution is 2.24. The fourth-order valence-corrected chi connectivity index (χ4v) is 3.04. The molecule has 0 amide bonds. The van der Waals surface area contributed by atoms with Crippen LogP contribution in [-0.4, -0.2) is 31.0 Å². The van der Waals surface area contributed by atoms with Gasteiger partial charge in [-0.05, 0) is 17.5 Å². The second-order valence-electron chi connectivity index (χ2n) is 4.12. The Morgan fingerprint density at radius 3 is 2.47 bits per heavy atom. The van der Waals surface area contributed by atoms with Crippen molar-refractivity contribution >= 4 is 16.0 Å². The van der Waals surface area contributed by atoms with E-state index in [1.54, 1.807) is 18.2 Å². The molecule has 0 saturated carbocycles. The average molecular weight is 254 g/mol. The number of carboxylic acid groups (broad SMARTS) is 1. The number of benzene rings is 1. The molecule has 0 fully saturated rings. The lowest BCUT2D eigenvalue weighted by Crippen LogP contribution is -2.53. The summed E-state index contributed by atoms with van der Waals surface area (Å²) >= 11 is 0. The van der Waals surface area contributed by atoms with Crippen molar-refractivity contribution in [1.82, 2.24) is 4.31 Å². The van der Waals surface area contributed by atoms with Gasteiger partial charge in [0.2, 0.25) is 10.0 Å². The molecule has 2 rings (SSSR count). The van der Waals surface area contributed by atoms with Crippen molar-refractivity contribution in [2.75, 3.05) is 6.26 Å². The van der Waals surface area contributed by atoms with Crippen molar-refractivity contribution in [2.24, 2.45) is 0 Å². The predicted octanol–water partition coefficient (Wildman–Crippen LogP) is -0.877. The number of rotatable bonds is 2. The molecule has 0 aliphatic carbocycles. The van der Waals surface area contributed by atoms with Gasteiger partial charge in [-0.3, -0.25) is 0 Å². The third-order valence-electron chi connectivity index (χ3n) is 2.90. The maximum atomic E-state index is 11.5. The maximum Gasteiger partial charge on any atom is 0.212 e. The van der Waals surface area contributed by atoms with Crippen LogP contribution in [0.15, 0.2) is 24.3 Å². The van der Waals surface area contributed by atoms with Crippen LogP contribution in [0.1, 0.15) is 11.1 Å². The first kappa shape index (κ1) is 12.1. The summed E-state index contributed by atoms with van der Waals surface area (Å²) in [6.45, 7) is 0.0909. The van der Waals surface area contributed by atoms with Crippen LogP contribution in [0.4, 0.5) is 0 Å². The molecular formula is C11H12NO4S-. The summed E-state index contributed by atoms with van der Waals surface area (Å²) in [6.07, 6.45) is 1.17. The minimum Gasteiger partial charge on any atom is -0.548 e. The lowest BCUT2D eigenvalue weighted by molar-refractivity contribution is -0.310. The highest BCUT2D eigenvalue weighted by atomic mass is 32.2. The first-order valence-electron chi connectivity index (χ1n) is 5.14. The summed E-state index contributed by atoms with van der Waals surface area (Å²) in [6, 6.07) is 6.11. The third kappa shape index (κ3) is 2.32. The molecule has 17 heavy (non-hydrogen) atoms. The molecule has 0 bridgehead atoms. The first-order chi connectivity index (χ1) is 7.89. The zero-order valence-electron chi connectivity index (χ0n) is 9.29. The minimum absolute atomic E-state index is 0.0909. The normalized spacial score (nSPS) is 20.9. The third-order valence-corrected chi connectivity index (χ3v) is 4.14. The van der Waals surface area contributed by atoms with Crippen molar-refractivity contribution in [1.29, 1.82) is 0 Å². The zero-order chi connectivity index (χ0) is 12.6. The van der Waals surface area contributed by atoms with E-state index in [1.807, 2.05) is 6.07 Å². The first-order valence-corrected chi connectivity index (χ1v) is 6.99. The molecule has 0 aromatic heterocycles. The summed E-state index contributed by atoms with van der Waals surface area (Å²) in [4.78, 5) is 11.0. The largest absolute Gasteiger partial charge is 0.548 e. The van der Waals surface area contributed by atoms with Gasteiger partial charge in [0.25, 0.3) is 0 Å². The van der Waals surface area contributed by atoms with Crippen LogP contribution >= 0.6 is 0 Å². The Morgan fingerprint density at radius 1 is 1.35 bits per heavy atom. The number of nitrogens with zero attached hydrogens (tertiary/aromatic N) is 1. The Morgan fingerprint density at radius 2 is 1.94 bits per heavy atom. The summed E-state index contributed by atoms with van der Waals surface area (Å²) in [5, 5.41) is 11.0. The van der Waals surface area contributed by atoms with E-state index in [0.29, 0.717) is 0 Å². The fraction of sp³-hybridized carbons (Fsp3) is 0.364. The van der Waals surface area contributed by atoms with E-state index < -0.39 is 22.0 Å². The lowest BCUT2D eigenvalue weighted by atomic mass is 9.96. The molecule has 1 aliphatic heterocycles. The smallest absolute Gasteiger partial charge is 0.212 e. The molecule has 0 N–H and O–H groups in total. The van der Waals surface area contributed by atoms with E-state index >= 15 is 0 Å². The van der Waals surface area contributed by atoms with Gasteiger partial charge in [-0.15, -0.1) is 0 Å². The Hall–Kier alpha value is -1.40. The lowest BCUT2D eigenvalue weighted by Gasteiger charge is -2.35. The monoisotopic (exact) mass is 254 g/mol. The second-order valence-corrected chi connectivity index (χ2v) is 6.05.